The van der Waals surface area contributed by atoms with Gasteiger partial charge in [-0.25, -0.2) is 14.2 Å². The molecule has 2 heterocycles. The van der Waals surface area contributed by atoms with Crippen molar-refractivity contribution in [3.63, 3.8) is 0 Å². The Bertz CT molecular complexity index is 1260. The molecule has 10 heteroatoms. The highest BCUT2D eigenvalue weighted by Gasteiger charge is 2.37. The molecule has 0 fully saturated rings. The second-order valence-electron chi connectivity index (χ2n) is 6.25. The molecular weight excluding hydrogens is 393 g/mol. The molecule has 7 nitrogen and oxygen atoms in total. The predicted octanol–water partition coefficient (Wildman–Crippen LogP) is 2.51. The number of carbonyl (C=O) groups excluding carboxylic acids is 1. The summed E-state index contributed by atoms with van der Waals surface area (Å²) in [7, 11) is 0. The molecule has 0 spiro atoms. The van der Waals surface area contributed by atoms with Gasteiger partial charge in [-0.15, -0.1) is 0 Å². The standard InChI is InChI=1S/C19H11F3N2O5/c20-19(21,22)9-4-3-5-10(8-9)24-16(26)13(15(25)23-18(24)28)14-11-6-1-2-7-12(11)17(27)29-14/h1-8,14,26H,(H,23,25,28)/t14-/m0/s1. The van der Waals surface area contributed by atoms with Crippen LogP contribution in [-0.4, -0.2) is 20.6 Å². The molecule has 1 aromatic heterocycles. The molecule has 148 valence electrons. The van der Waals surface area contributed by atoms with Crippen molar-refractivity contribution < 1.29 is 27.8 Å². The summed E-state index contributed by atoms with van der Waals surface area (Å²) in [6.45, 7) is 0. The first kappa shape index (κ1) is 18.5. The van der Waals surface area contributed by atoms with Crippen molar-refractivity contribution in [2.24, 2.45) is 0 Å². The lowest BCUT2D eigenvalue weighted by atomic mass is 10.0. The lowest BCUT2D eigenvalue weighted by Gasteiger charge is -2.16. The lowest BCUT2D eigenvalue weighted by Crippen LogP contribution is -2.32. The number of fused-ring (bicyclic) bond motifs is 1. The van der Waals surface area contributed by atoms with Crippen LogP contribution in [0.4, 0.5) is 13.2 Å². The number of carbonyl (C=O) groups is 1. The minimum Gasteiger partial charge on any atom is -0.494 e. The highest BCUT2D eigenvalue weighted by molar-refractivity contribution is 5.94. The topological polar surface area (TPSA) is 101 Å². The predicted molar refractivity (Wildman–Crippen MR) is 93.0 cm³/mol. The molecule has 4 rings (SSSR count). The van der Waals surface area contributed by atoms with Gasteiger partial charge in [-0.2, -0.15) is 13.2 Å². The number of H-pyrrole nitrogens is 1. The van der Waals surface area contributed by atoms with Crippen LogP contribution in [0.5, 0.6) is 5.88 Å². The second-order valence-corrected chi connectivity index (χ2v) is 6.25. The van der Waals surface area contributed by atoms with Crippen LogP contribution in [-0.2, 0) is 10.9 Å². The third-order valence-corrected chi connectivity index (χ3v) is 4.50. The van der Waals surface area contributed by atoms with Crippen LogP contribution in [0, 0.1) is 0 Å². The molecule has 29 heavy (non-hydrogen) atoms. The molecular formula is C19H11F3N2O5. The zero-order valence-corrected chi connectivity index (χ0v) is 14.4. The zero-order valence-electron chi connectivity index (χ0n) is 14.4. The molecule has 0 radical (unpaired) electrons. The molecule has 1 aliphatic rings. The highest BCUT2D eigenvalue weighted by Crippen LogP contribution is 2.38. The van der Waals surface area contributed by atoms with Crippen LogP contribution < -0.4 is 11.2 Å². The summed E-state index contributed by atoms with van der Waals surface area (Å²) in [6, 6.07) is 9.80. The summed E-state index contributed by atoms with van der Waals surface area (Å²) in [5.41, 5.74) is -3.55. The summed E-state index contributed by atoms with van der Waals surface area (Å²) in [4.78, 5) is 38.6. The number of ether oxygens (including phenoxy) is 1. The van der Waals surface area contributed by atoms with Crippen molar-refractivity contribution in [1.29, 1.82) is 0 Å². The Balaban J connectivity index is 1.94. The molecule has 0 amide bonds. The number of alkyl halides is 3. The maximum atomic E-state index is 13.0. The van der Waals surface area contributed by atoms with E-state index in [1.54, 1.807) is 12.1 Å². The summed E-state index contributed by atoms with van der Waals surface area (Å²) >= 11 is 0. The average Bonchev–Trinajstić information content (AvgIpc) is 2.98. The fraction of sp³-hybridized carbons (Fsp3) is 0.105. The van der Waals surface area contributed by atoms with Gasteiger partial charge in [0, 0.05) is 5.56 Å². The Morgan fingerprint density at radius 2 is 1.76 bits per heavy atom. The second kappa shape index (κ2) is 6.36. The van der Waals surface area contributed by atoms with Crippen molar-refractivity contribution >= 4 is 5.97 Å². The van der Waals surface area contributed by atoms with Gasteiger partial charge >= 0.3 is 17.8 Å². The number of nitrogens with zero attached hydrogens (tertiary/aromatic N) is 1. The first-order valence-electron chi connectivity index (χ1n) is 8.24. The maximum Gasteiger partial charge on any atom is 0.416 e. The molecule has 2 aromatic carbocycles. The number of aromatic amines is 1. The molecule has 0 aliphatic carbocycles. The quantitative estimate of drug-likeness (QED) is 0.640. The van der Waals surface area contributed by atoms with Crippen LogP contribution in [0.1, 0.15) is 33.2 Å². The smallest absolute Gasteiger partial charge is 0.416 e. The van der Waals surface area contributed by atoms with Gasteiger partial charge in [-0.05, 0) is 24.3 Å². The SMILES string of the molecule is O=C1O[C@H](c2c(O)n(-c3cccc(C(F)(F)F)c3)c(=O)[nH]c2=O)c2ccccc21. The van der Waals surface area contributed by atoms with E-state index in [1.165, 1.54) is 12.1 Å². The normalized spacial score (nSPS) is 15.8. The van der Waals surface area contributed by atoms with Crippen LogP contribution in [0.2, 0.25) is 0 Å². The van der Waals surface area contributed by atoms with Crippen molar-refractivity contribution in [1.82, 2.24) is 9.55 Å². The molecule has 0 saturated carbocycles. The van der Waals surface area contributed by atoms with E-state index in [9.17, 15) is 32.7 Å². The molecule has 0 saturated heterocycles. The largest absolute Gasteiger partial charge is 0.494 e. The molecule has 2 N–H and O–H groups in total. The van der Waals surface area contributed by atoms with E-state index in [0.29, 0.717) is 10.6 Å². The molecule has 0 bridgehead atoms. The first-order valence-corrected chi connectivity index (χ1v) is 8.24. The van der Waals surface area contributed by atoms with Crippen LogP contribution in [0.3, 0.4) is 0 Å². The fourth-order valence-electron chi connectivity index (χ4n) is 3.20. The Morgan fingerprint density at radius 3 is 2.48 bits per heavy atom. The van der Waals surface area contributed by atoms with Gasteiger partial charge in [0.05, 0.1) is 16.8 Å². The fourth-order valence-corrected chi connectivity index (χ4v) is 3.20. The number of nitrogens with one attached hydrogen (secondary N) is 1. The Morgan fingerprint density at radius 1 is 1.03 bits per heavy atom. The van der Waals surface area contributed by atoms with Crippen molar-refractivity contribution in [2.75, 3.05) is 0 Å². The number of benzene rings is 2. The van der Waals surface area contributed by atoms with E-state index in [2.05, 4.69) is 0 Å². The summed E-state index contributed by atoms with van der Waals surface area (Å²) in [5.74, 6) is -1.66. The number of aromatic nitrogens is 2. The number of cyclic esters (lactones) is 1. The highest BCUT2D eigenvalue weighted by atomic mass is 19.4. The molecule has 0 unspecified atom stereocenters. The van der Waals surface area contributed by atoms with Crippen molar-refractivity contribution in [3.05, 3.63) is 91.6 Å². The van der Waals surface area contributed by atoms with Crippen LogP contribution >= 0.6 is 0 Å². The van der Waals surface area contributed by atoms with E-state index in [0.717, 1.165) is 18.2 Å². The summed E-state index contributed by atoms with van der Waals surface area (Å²) in [6.07, 6.45) is -6.00. The van der Waals surface area contributed by atoms with Gasteiger partial charge in [0.15, 0.2) is 6.10 Å². The molecule has 3 aromatic rings. The minimum absolute atomic E-state index is 0.174. The van der Waals surface area contributed by atoms with E-state index in [-0.39, 0.29) is 16.8 Å². The molecule has 1 aliphatic heterocycles. The third kappa shape index (κ3) is 2.98. The van der Waals surface area contributed by atoms with E-state index in [1.807, 2.05) is 4.98 Å². The summed E-state index contributed by atoms with van der Waals surface area (Å²) in [5, 5.41) is 10.6. The monoisotopic (exact) mass is 404 g/mol. The van der Waals surface area contributed by atoms with Crippen molar-refractivity contribution in [2.45, 2.75) is 12.3 Å². The number of hydrogen-bond donors (Lipinski definition) is 2. The number of aromatic hydroxyl groups is 1. The number of hydrogen-bond acceptors (Lipinski definition) is 5. The van der Waals surface area contributed by atoms with Gasteiger partial charge in [-0.1, -0.05) is 24.3 Å². The van der Waals surface area contributed by atoms with Gasteiger partial charge in [0.2, 0.25) is 5.88 Å². The average molecular weight is 404 g/mol. The van der Waals surface area contributed by atoms with Crippen molar-refractivity contribution in [3.8, 4) is 11.6 Å². The number of esters is 1. The van der Waals surface area contributed by atoms with Gasteiger partial charge in [0.25, 0.3) is 5.56 Å². The van der Waals surface area contributed by atoms with Crippen LogP contribution in [0.15, 0.2) is 58.1 Å². The Labute approximate surface area is 159 Å². The zero-order chi connectivity index (χ0) is 20.9. The summed E-state index contributed by atoms with van der Waals surface area (Å²) < 4.78 is 44.7. The van der Waals surface area contributed by atoms with E-state index >= 15 is 0 Å². The maximum absolute atomic E-state index is 13.0. The van der Waals surface area contributed by atoms with Crippen LogP contribution in [0.25, 0.3) is 5.69 Å². The third-order valence-electron chi connectivity index (χ3n) is 4.50. The first-order chi connectivity index (χ1) is 13.7. The van der Waals surface area contributed by atoms with Gasteiger partial charge in [-0.3, -0.25) is 9.78 Å². The number of rotatable bonds is 2. The number of halogens is 3. The van der Waals surface area contributed by atoms with E-state index < -0.39 is 46.5 Å². The molecule has 1 atom stereocenters. The van der Waals surface area contributed by atoms with Gasteiger partial charge in [0.1, 0.15) is 5.56 Å². The minimum atomic E-state index is -4.68. The van der Waals surface area contributed by atoms with Gasteiger partial charge < -0.3 is 9.84 Å². The van der Waals surface area contributed by atoms with E-state index in [4.69, 9.17) is 4.74 Å². The Hall–Kier alpha value is -3.82. The lowest BCUT2D eigenvalue weighted by molar-refractivity contribution is -0.137. The Kier molecular flexibility index (Phi) is 4.07.